The Bertz CT molecular complexity index is 289. The molecule has 0 aromatic heterocycles. The molecule has 6 nitrogen and oxygen atoms in total. The summed E-state index contributed by atoms with van der Waals surface area (Å²) >= 11 is 0. The Balaban J connectivity index is 2.15. The average molecular weight is 266 g/mol. The predicted molar refractivity (Wildman–Crippen MR) is 64.9 cm³/mol. The van der Waals surface area contributed by atoms with Gasteiger partial charge in [-0.2, -0.15) is 12.7 Å². The lowest BCUT2D eigenvalue weighted by molar-refractivity contribution is 0.0725. The molecule has 1 aliphatic heterocycles. The highest BCUT2D eigenvalue weighted by Gasteiger charge is 2.23. The fraction of sp³-hybridized carbons (Fsp3) is 1.00. The molecule has 0 atom stereocenters. The molecule has 1 saturated heterocycles. The van der Waals surface area contributed by atoms with E-state index in [1.54, 1.807) is 0 Å². The number of hydrogen-bond donors (Lipinski definition) is 2. The topological polar surface area (TPSA) is 78.9 Å². The molecule has 0 radical (unpaired) electrons. The lowest BCUT2D eigenvalue weighted by Crippen LogP contribution is -2.46. The van der Waals surface area contributed by atoms with Gasteiger partial charge in [0.2, 0.25) is 0 Å². The van der Waals surface area contributed by atoms with E-state index in [1.165, 1.54) is 4.31 Å². The summed E-state index contributed by atoms with van der Waals surface area (Å²) in [5.74, 6) is 0. The molecule has 0 spiro atoms. The summed E-state index contributed by atoms with van der Waals surface area (Å²) in [7, 11) is -3.32. The molecule has 1 heterocycles. The molecule has 2 N–H and O–H groups in total. The number of ether oxygens (including phenoxy) is 1. The molecule has 17 heavy (non-hydrogen) atoms. The Labute approximate surface area is 103 Å². The van der Waals surface area contributed by atoms with Gasteiger partial charge in [-0.3, -0.25) is 0 Å². The van der Waals surface area contributed by atoms with Crippen LogP contribution in [0.15, 0.2) is 0 Å². The largest absolute Gasteiger partial charge is 0.396 e. The minimum absolute atomic E-state index is 0.208. The third-order valence-electron chi connectivity index (χ3n) is 2.68. The molecule has 0 aromatic rings. The van der Waals surface area contributed by atoms with Gasteiger partial charge in [-0.1, -0.05) is 12.8 Å². The second-order valence-electron chi connectivity index (χ2n) is 4.05. The molecule has 102 valence electrons. The first kappa shape index (κ1) is 14.8. The summed E-state index contributed by atoms with van der Waals surface area (Å²) < 4.78 is 32.7. The number of aliphatic hydroxyl groups excluding tert-OH is 1. The van der Waals surface area contributed by atoms with E-state index in [4.69, 9.17) is 9.84 Å². The fourth-order valence-electron chi connectivity index (χ4n) is 1.67. The number of morpholine rings is 1. The van der Waals surface area contributed by atoms with Crippen LogP contribution in [0, 0.1) is 0 Å². The van der Waals surface area contributed by atoms with E-state index < -0.39 is 10.2 Å². The second-order valence-corrected chi connectivity index (χ2v) is 5.80. The van der Waals surface area contributed by atoms with Gasteiger partial charge in [0.25, 0.3) is 10.2 Å². The molecule has 0 aliphatic carbocycles. The summed E-state index contributed by atoms with van der Waals surface area (Å²) in [4.78, 5) is 0. The van der Waals surface area contributed by atoms with Gasteiger partial charge >= 0.3 is 0 Å². The standard InChI is InChI=1S/C10H22N2O4S/c13-8-4-2-1-3-5-11-17(14,15)12-6-9-16-10-7-12/h11,13H,1-10H2. The fourth-order valence-corrected chi connectivity index (χ4v) is 2.88. The minimum Gasteiger partial charge on any atom is -0.396 e. The van der Waals surface area contributed by atoms with Crippen molar-refractivity contribution in [2.24, 2.45) is 0 Å². The van der Waals surface area contributed by atoms with Crippen molar-refractivity contribution in [3.05, 3.63) is 0 Å². The molecule has 1 fully saturated rings. The second kappa shape index (κ2) is 7.99. The SMILES string of the molecule is O=S(=O)(NCCCCCCO)N1CCOCC1. The molecule has 1 rings (SSSR count). The Hall–Kier alpha value is -0.210. The van der Waals surface area contributed by atoms with Gasteiger partial charge in [-0.15, -0.1) is 0 Å². The summed E-state index contributed by atoms with van der Waals surface area (Å²) in [5.41, 5.74) is 0. The lowest BCUT2D eigenvalue weighted by atomic mass is 10.2. The van der Waals surface area contributed by atoms with Crippen molar-refractivity contribution in [2.45, 2.75) is 25.7 Å². The minimum atomic E-state index is -3.32. The maximum absolute atomic E-state index is 11.8. The number of rotatable bonds is 8. The molecule has 0 unspecified atom stereocenters. The van der Waals surface area contributed by atoms with Crippen LogP contribution in [0.25, 0.3) is 0 Å². The van der Waals surface area contributed by atoms with E-state index in [1.807, 2.05) is 0 Å². The number of nitrogens with zero attached hydrogens (tertiary/aromatic N) is 1. The van der Waals surface area contributed by atoms with E-state index in [9.17, 15) is 8.42 Å². The summed E-state index contributed by atoms with van der Waals surface area (Å²) in [5, 5.41) is 8.59. The van der Waals surface area contributed by atoms with Crippen molar-refractivity contribution >= 4 is 10.2 Å². The van der Waals surface area contributed by atoms with Crippen LogP contribution < -0.4 is 4.72 Å². The molecular formula is C10H22N2O4S. The number of unbranched alkanes of at least 4 members (excludes halogenated alkanes) is 3. The average Bonchev–Trinajstić information content (AvgIpc) is 2.35. The maximum atomic E-state index is 11.8. The number of aliphatic hydroxyl groups is 1. The van der Waals surface area contributed by atoms with Crippen LogP contribution in [0.2, 0.25) is 0 Å². The van der Waals surface area contributed by atoms with Gasteiger partial charge < -0.3 is 9.84 Å². The zero-order valence-corrected chi connectivity index (χ0v) is 10.9. The van der Waals surface area contributed by atoms with E-state index in [-0.39, 0.29) is 6.61 Å². The Morgan fingerprint density at radius 1 is 1.12 bits per heavy atom. The number of hydrogen-bond acceptors (Lipinski definition) is 4. The van der Waals surface area contributed by atoms with Gasteiger partial charge in [-0.05, 0) is 12.8 Å². The first-order valence-electron chi connectivity index (χ1n) is 6.10. The van der Waals surface area contributed by atoms with Crippen molar-refractivity contribution in [1.82, 2.24) is 9.03 Å². The smallest absolute Gasteiger partial charge is 0.279 e. The van der Waals surface area contributed by atoms with Crippen molar-refractivity contribution in [3.63, 3.8) is 0 Å². The van der Waals surface area contributed by atoms with Crippen LogP contribution in [0.3, 0.4) is 0 Å². The molecule has 1 aliphatic rings. The van der Waals surface area contributed by atoms with E-state index in [0.717, 1.165) is 25.7 Å². The van der Waals surface area contributed by atoms with E-state index in [2.05, 4.69) is 4.72 Å². The zero-order chi connectivity index (χ0) is 12.6. The van der Waals surface area contributed by atoms with Crippen LogP contribution in [0.4, 0.5) is 0 Å². The quantitative estimate of drug-likeness (QED) is 0.592. The maximum Gasteiger partial charge on any atom is 0.279 e. The molecular weight excluding hydrogens is 244 g/mol. The highest BCUT2D eigenvalue weighted by Crippen LogP contribution is 2.03. The van der Waals surface area contributed by atoms with Crippen LogP contribution >= 0.6 is 0 Å². The van der Waals surface area contributed by atoms with Crippen molar-refractivity contribution < 1.29 is 18.3 Å². The summed E-state index contributed by atoms with van der Waals surface area (Å²) in [6.07, 6.45) is 3.47. The molecule has 0 amide bonds. The summed E-state index contributed by atoms with van der Waals surface area (Å²) in [6, 6.07) is 0. The predicted octanol–water partition coefficient (Wildman–Crippen LogP) is -0.294. The summed E-state index contributed by atoms with van der Waals surface area (Å²) in [6.45, 7) is 2.47. The molecule has 0 saturated carbocycles. The van der Waals surface area contributed by atoms with Gasteiger partial charge in [0.15, 0.2) is 0 Å². The third kappa shape index (κ3) is 5.78. The van der Waals surface area contributed by atoms with Gasteiger partial charge in [0.05, 0.1) is 13.2 Å². The monoisotopic (exact) mass is 266 g/mol. The lowest BCUT2D eigenvalue weighted by Gasteiger charge is -2.26. The Kier molecular flexibility index (Phi) is 6.98. The van der Waals surface area contributed by atoms with Crippen LogP contribution in [-0.4, -0.2) is 57.3 Å². The van der Waals surface area contributed by atoms with Crippen molar-refractivity contribution in [3.8, 4) is 0 Å². The molecule has 0 bridgehead atoms. The highest BCUT2D eigenvalue weighted by molar-refractivity contribution is 7.87. The third-order valence-corrected chi connectivity index (χ3v) is 4.29. The first-order valence-corrected chi connectivity index (χ1v) is 7.54. The molecule has 7 heteroatoms. The van der Waals surface area contributed by atoms with Gasteiger partial charge in [-0.25, -0.2) is 4.72 Å². The van der Waals surface area contributed by atoms with Gasteiger partial charge in [0.1, 0.15) is 0 Å². The van der Waals surface area contributed by atoms with Crippen LogP contribution in [0.5, 0.6) is 0 Å². The van der Waals surface area contributed by atoms with Gasteiger partial charge in [0, 0.05) is 26.2 Å². The van der Waals surface area contributed by atoms with Crippen molar-refractivity contribution in [2.75, 3.05) is 39.5 Å². The highest BCUT2D eigenvalue weighted by atomic mass is 32.2. The first-order chi connectivity index (χ1) is 8.17. The van der Waals surface area contributed by atoms with Crippen LogP contribution in [0.1, 0.15) is 25.7 Å². The Morgan fingerprint density at radius 3 is 2.41 bits per heavy atom. The van der Waals surface area contributed by atoms with Crippen molar-refractivity contribution in [1.29, 1.82) is 0 Å². The van der Waals surface area contributed by atoms with Crippen LogP contribution in [-0.2, 0) is 14.9 Å². The zero-order valence-electron chi connectivity index (χ0n) is 10.1. The van der Waals surface area contributed by atoms with E-state index in [0.29, 0.717) is 32.8 Å². The molecule has 0 aromatic carbocycles. The Morgan fingerprint density at radius 2 is 1.76 bits per heavy atom. The normalized spacial score (nSPS) is 18.4. The number of nitrogens with one attached hydrogen (secondary N) is 1. The van der Waals surface area contributed by atoms with E-state index >= 15 is 0 Å².